The van der Waals surface area contributed by atoms with E-state index in [1.807, 2.05) is 6.20 Å². The lowest BCUT2D eigenvalue weighted by Gasteiger charge is -2.24. The van der Waals surface area contributed by atoms with Gasteiger partial charge in [0.15, 0.2) is 0 Å². The molecule has 4 nitrogen and oxygen atoms in total. The second-order valence-corrected chi connectivity index (χ2v) is 7.48. The first-order chi connectivity index (χ1) is 11.4. The van der Waals surface area contributed by atoms with E-state index in [2.05, 4.69) is 33.2 Å². The van der Waals surface area contributed by atoms with Crippen molar-refractivity contribution in [2.24, 2.45) is 5.92 Å². The van der Waals surface area contributed by atoms with Crippen molar-refractivity contribution in [1.29, 1.82) is 0 Å². The number of fused-ring (bicyclic) bond motifs is 3. The largest absolute Gasteiger partial charge is 0.326 e. The Kier molecular flexibility index (Phi) is 4.31. The van der Waals surface area contributed by atoms with Crippen molar-refractivity contribution in [3.8, 4) is 0 Å². The number of hydrogen-bond donors (Lipinski definition) is 1. The lowest BCUT2D eigenvalue weighted by molar-refractivity contribution is 0.333. The van der Waals surface area contributed by atoms with Crippen LogP contribution in [0.25, 0.3) is 21.3 Å². The van der Waals surface area contributed by atoms with E-state index in [1.54, 1.807) is 11.3 Å². The highest BCUT2D eigenvalue weighted by Gasteiger charge is 2.19. The number of rotatable bonds is 5. The first kappa shape index (κ1) is 15.1. The number of nitrogens with zero attached hydrogens (tertiary/aromatic N) is 3. The fourth-order valence-corrected chi connectivity index (χ4v) is 4.51. The molecular weight excluding hydrogens is 304 g/mol. The number of imidazole rings is 1. The molecular formula is C18H24N4S. The number of unbranched alkanes of at least 4 members (excludes halogenated alkanes) is 1. The quantitative estimate of drug-likeness (QED) is 0.770. The predicted molar refractivity (Wildman–Crippen MR) is 97.1 cm³/mol. The standard InChI is InChI=1S/C18H24N4S/c1-2-3-4-16-21-15-11-20-14-7-10-23-18(14)17(15)22(16)12-13-5-8-19-9-6-13/h7,10-11,13,19H,2-6,8-9,12H2,1H3. The Morgan fingerprint density at radius 3 is 3.00 bits per heavy atom. The highest BCUT2D eigenvalue weighted by Crippen LogP contribution is 2.30. The minimum absolute atomic E-state index is 0.761. The van der Waals surface area contributed by atoms with Crippen molar-refractivity contribution in [3.05, 3.63) is 23.5 Å². The van der Waals surface area contributed by atoms with Crippen LogP contribution in [-0.2, 0) is 13.0 Å². The summed E-state index contributed by atoms with van der Waals surface area (Å²) in [6.07, 6.45) is 7.98. The van der Waals surface area contributed by atoms with Crippen molar-refractivity contribution in [1.82, 2.24) is 19.9 Å². The van der Waals surface area contributed by atoms with Crippen LogP contribution in [-0.4, -0.2) is 27.6 Å². The zero-order valence-corrected chi connectivity index (χ0v) is 14.5. The fraction of sp³-hybridized carbons (Fsp3) is 0.556. The first-order valence-electron chi connectivity index (χ1n) is 8.79. The van der Waals surface area contributed by atoms with Gasteiger partial charge in [-0.05, 0) is 49.7 Å². The van der Waals surface area contributed by atoms with Crippen LogP contribution < -0.4 is 5.32 Å². The number of thiophene rings is 1. The summed E-state index contributed by atoms with van der Waals surface area (Å²) in [6.45, 7) is 5.65. The molecule has 122 valence electrons. The van der Waals surface area contributed by atoms with Gasteiger partial charge in [0.25, 0.3) is 0 Å². The molecule has 0 bridgehead atoms. The Labute approximate surface area is 140 Å². The van der Waals surface area contributed by atoms with Crippen molar-refractivity contribution in [2.45, 2.75) is 45.6 Å². The maximum absolute atomic E-state index is 4.94. The zero-order chi connectivity index (χ0) is 15.6. The lowest BCUT2D eigenvalue weighted by atomic mass is 9.98. The summed E-state index contributed by atoms with van der Waals surface area (Å²) in [5.41, 5.74) is 3.49. The van der Waals surface area contributed by atoms with Gasteiger partial charge in [-0.15, -0.1) is 11.3 Å². The van der Waals surface area contributed by atoms with Gasteiger partial charge in [0.2, 0.25) is 0 Å². The van der Waals surface area contributed by atoms with E-state index in [4.69, 9.17) is 4.98 Å². The summed E-state index contributed by atoms with van der Waals surface area (Å²) in [7, 11) is 0. The molecule has 1 N–H and O–H groups in total. The van der Waals surface area contributed by atoms with Gasteiger partial charge in [0, 0.05) is 13.0 Å². The van der Waals surface area contributed by atoms with Crippen LogP contribution >= 0.6 is 11.3 Å². The monoisotopic (exact) mass is 328 g/mol. The topological polar surface area (TPSA) is 42.7 Å². The maximum Gasteiger partial charge on any atom is 0.109 e. The second kappa shape index (κ2) is 6.57. The third-order valence-electron chi connectivity index (χ3n) is 4.91. The van der Waals surface area contributed by atoms with E-state index in [0.29, 0.717) is 0 Å². The van der Waals surface area contributed by atoms with E-state index < -0.39 is 0 Å². The highest BCUT2D eigenvalue weighted by atomic mass is 32.1. The molecule has 1 aliphatic heterocycles. The van der Waals surface area contributed by atoms with Crippen molar-refractivity contribution >= 4 is 32.6 Å². The van der Waals surface area contributed by atoms with Gasteiger partial charge >= 0.3 is 0 Å². The second-order valence-electron chi connectivity index (χ2n) is 6.56. The summed E-state index contributed by atoms with van der Waals surface area (Å²) in [5, 5.41) is 5.62. The molecule has 1 fully saturated rings. The van der Waals surface area contributed by atoms with E-state index in [9.17, 15) is 0 Å². The third-order valence-corrected chi connectivity index (χ3v) is 5.82. The molecule has 3 aromatic rings. The molecule has 0 spiro atoms. The molecule has 5 heteroatoms. The molecule has 1 saturated heterocycles. The van der Waals surface area contributed by atoms with Crippen molar-refractivity contribution in [3.63, 3.8) is 0 Å². The molecule has 23 heavy (non-hydrogen) atoms. The molecule has 3 aromatic heterocycles. The summed E-state index contributed by atoms with van der Waals surface area (Å²) >= 11 is 1.79. The molecule has 1 aliphatic rings. The van der Waals surface area contributed by atoms with Crippen LogP contribution in [0.5, 0.6) is 0 Å². The first-order valence-corrected chi connectivity index (χ1v) is 9.67. The van der Waals surface area contributed by atoms with Gasteiger partial charge in [0.05, 0.1) is 21.9 Å². The van der Waals surface area contributed by atoms with Crippen LogP contribution in [0.4, 0.5) is 0 Å². The SMILES string of the molecule is CCCCc1nc2cnc3ccsc3c2n1CC1CCNCC1. The minimum Gasteiger partial charge on any atom is -0.326 e. The Morgan fingerprint density at radius 1 is 1.30 bits per heavy atom. The summed E-state index contributed by atoms with van der Waals surface area (Å²) in [5.74, 6) is 2.01. The van der Waals surface area contributed by atoms with Gasteiger partial charge in [-0.25, -0.2) is 4.98 Å². The van der Waals surface area contributed by atoms with E-state index in [-0.39, 0.29) is 0 Å². The lowest BCUT2D eigenvalue weighted by Crippen LogP contribution is -2.30. The van der Waals surface area contributed by atoms with Crippen molar-refractivity contribution in [2.75, 3.05) is 13.1 Å². The van der Waals surface area contributed by atoms with E-state index in [0.717, 1.165) is 43.0 Å². The minimum atomic E-state index is 0.761. The summed E-state index contributed by atoms with van der Waals surface area (Å²) in [6, 6.07) is 2.12. The molecule has 0 saturated carbocycles. The Morgan fingerprint density at radius 2 is 2.17 bits per heavy atom. The van der Waals surface area contributed by atoms with Gasteiger partial charge in [-0.2, -0.15) is 0 Å². The summed E-state index contributed by atoms with van der Waals surface area (Å²) < 4.78 is 3.81. The molecule has 0 amide bonds. The Hall–Kier alpha value is -1.46. The molecule has 0 unspecified atom stereocenters. The molecule has 0 aromatic carbocycles. The van der Waals surface area contributed by atoms with Crippen molar-refractivity contribution < 1.29 is 0 Å². The van der Waals surface area contributed by atoms with E-state index >= 15 is 0 Å². The molecule has 0 aliphatic carbocycles. The van der Waals surface area contributed by atoms with Crippen LogP contribution in [0, 0.1) is 5.92 Å². The normalized spacial score (nSPS) is 16.6. The number of piperidine rings is 1. The molecule has 0 radical (unpaired) electrons. The van der Waals surface area contributed by atoms with Crippen LogP contribution in [0.1, 0.15) is 38.4 Å². The predicted octanol–water partition coefficient (Wildman–Crippen LogP) is 3.99. The number of hydrogen-bond acceptors (Lipinski definition) is 4. The summed E-state index contributed by atoms with van der Waals surface area (Å²) in [4.78, 5) is 9.51. The van der Waals surface area contributed by atoms with Gasteiger partial charge in [-0.3, -0.25) is 4.98 Å². The molecule has 4 heterocycles. The average Bonchev–Trinajstić information content (AvgIpc) is 3.18. The number of nitrogens with one attached hydrogen (secondary N) is 1. The zero-order valence-electron chi connectivity index (χ0n) is 13.7. The molecule has 0 atom stereocenters. The van der Waals surface area contributed by atoms with Crippen LogP contribution in [0.3, 0.4) is 0 Å². The number of pyridine rings is 1. The number of aromatic nitrogens is 3. The molecule has 4 rings (SSSR count). The smallest absolute Gasteiger partial charge is 0.109 e. The van der Waals surface area contributed by atoms with Gasteiger partial charge in [-0.1, -0.05) is 13.3 Å². The highest BCUT2D eigenvalue weighted by molar-refractivity contribution is 7.18. The third kappa shape index (κ3) is 2.88. The van der Waals surface area contributed by atoms with Crippen LogP contribution in [0.15, 0.2) is 17.6 Å². The number of aryl methyl sites for hydroxylation is 1. The van der Waals surface area contributed by atoms with Crippen LogP contribution in [0.2, 0.25) is 0 Å². The van der Waals surface area contributed by atoms with E-state index in [1.165, 1.54) is 41.7 Å². The van der Waals surface area contributed by atoms with Gasteiger partial charge < -0.3 is 9.88 Å². The Bertz CT molecular complexity index is 798. The van der Waals surface area contributed by atoms with Gasteiger partial charge in [0.1, 0.15) is 11.3 Å². The fourth-order valence-electron chi connectivity index (χ4n) is 3.61. The Balaban J connectivity index is 1.80. The maximum atomic E-state index is 4.94. The average molecular weight is 328 g/mol.